The highest BCUT2D eigenvalue weighted by atomic mass is 32.2. The van der Waals surface area contributed by atoms with Crippen molar-refractivity contribution in [3.63, 3.8) is 0 Å². The minimum absolute atomic E-state index is 0.206. The second-order valence-corrected chi connectivity index (χ2v) is 5.55. The highest BCUT2D eigenvalue weighted by Crippen LogP contribution is 2.20. The van der Waals surface area contributed by atoms with Crippen molar-refractivity contribution in [2.75, 3.05) is 19.4 Å². The quantitative estimate of drug-likeness (QED) is 0.427. The molecule has 1 unspecified atom stereocenters. The van der Waals surface area contributed by atoms with Crippen molar-refractivity contribution in [2.24, 2.45) is 0 Å². The molecular formula is C13H22N2O3S. The molecular weight excluding hydrogens is 264 g/mol. The van der Waals surface area contributed by atoms with Crippen molar-refractivity contribution in [3.8, 4) is 0 Å². The minimum Gasteiger partial charge on any atom is -0.468 e. The smallest absolute Gasteiger partial charge is 0.325 e. The summed E-state index contributed by atoms with van der Waals surface area (Å²) in [6, 6.07) is 0. The van der Waals surface area contributed by atoms with Crippen molar-refractivity contribution in [1.29, 1.82) is 0 Å². The van der Waals surface area contributed by atoms with Crippen molar-refractivity contribution in [3.05, 3.63) is 12.5 Å². The van der Waals surface area contributed by atoms with Crippen LogP contribution in [0.15, 0.2) is 22.1 Å². The zero-order valence-corrected chi connectivity index (χ0v) is 12.6. The average molecular weight is 286 g/mol. The molecule has 0 aliphatic carbocycles. The van der Waals surface area contributed by atoms with Crippen molar-refractivity contribution < 1.29 is 13.9 Å². The van der Waals surface area contributed by atoms with Gasteiger partial charge in [-0.3, -0.25) is 4.79 Å². The van der Waals surface area contributed by atoms with E-state index in [9.17, 15) is 4.79 Å². The van der Waals surface area contributed by atoms with E-state index in [-0.39, 0.29) is 5.97 Å². The molecule has 6 heteroatoms. The number of ether oxygens (including phenoxy) is 1. The summed E-state index contributed by atoms with van der Waals surface area (Å²) in [7, 11) is 1.43. The highest BCUT2D eigenvalue weighted by molar-refractivity contribution is 7.99. The standard InChI is InChI=1S/C13H22N2O3S/c1-4-7-15-13(2,11(16)17-3)6-5-10-19-12-14-8-9-18-12/h8-9,15H,4-7,10H2,1-3H3. The van der Waals surface area contributed by atoms with E-state index in [0.29, 0.717) is 5.22 Å². The Hall–Kier alpha value is -1.01. The molecule has 0 aliphatic rings. The van der Waals surface area contributed by atoms with Crippen LogP contribution in [0.25, 0.3) is 0 Å². The maximum Gasteiger partial charge on any atom is 0.325 e. The Morgan fingerprint density at radius 3 is 3.00 bits per heavy atom. The van der Waals surface area contributed by atoms with Crippen molar-refractivity contribution in [1.82, 2.24) is 10.3 Å². The van der Waals surface area contributed by atoms with Gasteiger partial charge in [-0.1, -0.05) is 18.7 Å². The predicted molar refractivity (Wildman–Crippen MR) is 75.2 cm³/mol. The van der Waals surface area contributed by atoms with Gasteiger partial charge in [0.05, 0.1) is 13.3 Å². The van der Waals surface area contributed by atoms with Crippen LogP contribution in [0.3, 0.4) is 0 Å². The van der Waals surface area contributed by atoms with Gasteiger partial charge in [0, 0.05) is 5.75 Å². The number of aromatic nitrogens is 1. The molecule has 0 saturated carbocycles. The van der Waals surface area contributed by atoms with Crippen LogP contribution in [0.1, 0.15) is 33.1 Å². The maximum atomic E-state index is 11.8. The lowest BCUT2D eigenvalue weighted by Gasteiger charge is -2.27. The van der Waals surface area contributed by atoms with Gasteiger partial charge in [-0.05, 0) is 32.7 Å². The average Bonchev–Trinajstić information content (AvgIpc) is 2.93. The Bertz CT molecular complexity index is 370. The summed E-state index contributed by atoms with van der Waals surface area (Å²) >= 11 is 1.55. The number of oxazole rings is 1. The van der Waals surface area contributed by atoms with Crippen LogP contribution in [0.5, 0.6) is 0 Å². The Labute approximate surface area is 118 Å². The number of methoxy groups -OCH3 is 1. The normalized spacial score (nSPS) is 14.1. The van der Waals surface area contributed by atoms with Crippen LogP contribution >= 0.6 is 11.8 Å². The molecule has 0 fully saturated rings. The molecule has 1 aromatic rings. The second kappa shape index (κ2) is 8.22. The Balaban J connectivity index is 2.37. The first-order valence-electron chi connectivity index (χ1n) is 6.48. The lowest BCUT2D eigenvalue weighted by molar-refractivity contribution is -0.148. The first kappa shape index (κ1) is 16.0. The molecule has 0 radical (unpaired) electrons. The molecule has 1 atom stereocenters. The summed E-state index contributed by atoms with van der Waals surface area (Å²) in [6.07, 6.45) is 5.79. The first-order chi connectivity index (χ1) is 9.12. The fourth-order valence-electron chi connectivity index (χ4n) is 1.76. The van der Waals surface area contributed by atoms with Gasteiger partial charge in [0.2, 0.25) is 0 Å². The Kier molecular flexibility index (Phi) is 6.94. The number of nitrogens with one attached hydrogen (secondary N) is 1. The number of hydrogen-bond donors (Lipinski definition) is 1. The van der Waals surface area contributed by atoms with Crippen LogP contribution in [0, 0.1) is 0 Å². The Morgan fingerprint density at radius 2 is 2.42 bits per heavy atom. The Morgan fingerprint density at radius 1 is 1.63 bits per heavy atom. The van der Waals surface area contributed by atoms with E-state index in [1.807, 2.05) is 6.92 Å². The summed E-state index contributed by atoms with van der Waals surface area (Å²) in [5, 5.41) is 3.94. The molecule has 1 rings (SSSR count). The SMILES string of the molecule is CCCNC(C)(CCCSc1ncco1)C(=O)OC. The lowest BCUT2D eigenvalue weighted by atomic mass is 9.96. The van der Waals surface area contributed by atoms with Crippen molar-refractivity contribution in [2.45, 2.75) is 43.9 Å². The number of nitrogens with zero attached hydrogens (tertiary/aromatic N) is 1. The summed E-state index contributed by atoms with van der Waals surface area (Å²) in [5.74, 6) is 0.656. The van der Waals surface area contributed by atoms with Gasteiger partial charge >= 0.3 is 5.97 Å². The first-order valence-corrected chi connectivity index (χ1v) is 7.46. The van der Waals surface area contributed by atoms with Gasteiger partial charge < -0.3 is 14.5 Å². The minimum atomic E-state index is -0.609. The number of carbonyl (C=O) groups excluding carboxylic acids is 1. The zero-order valence-electron chi connectivity index (χ0n) is 11.8. The van der Waals surface area contributed by atoms with Gasteiger partial charge in [-0.25, -0.2) is 4.98 Å². The van der Waals surface area contributed by atoms with Crippen LogP contribution in [-0.2, 0) is 9.53 Å². The summed E-state index contributed by atoms with van der Waals surface area (Å²) in [5.41, 5.74) is -0.609. The van der Waals surface area contributed by atoms with Gasteiger partial charge in [0.15, 0.2) is 0 Å². The number of thioether (sulfide) groups is 1. The van der Waals surface area contributed by atoms with Gasteiger partial charge in [0.25, 0.3) is 5.22 Å². The fourth-order valence-corrected chi connectivity index (χ4v) is 2.48. The maximum absolute atomic E-state index is 11.8. The highest BCUT2D eigenvalue weighted by Gasteiger charge is 2.32. The van der Waals surface area contributed by atoms with E-state index in [1.54, 1.807) is 24.2 Å². The van der Waals surface area contributed by atoms with E-state index < -0.39 is 5.54 Å². The third kappa shape index (κ3) is 5.24. The largest absolute Gasteiger partial charge is 0.468 e. The monoisotopic (exact) mass is 286 g/mol. The van der Waals surface area contributed by atoms with Gasteiger partial charge in [-0.15, -0.1) is 0 Å². The van der Waals surface area contributed by atoms with Crippen LogP contribution in [-0.4, -0.2) is 35.9 Å². The fraction of sp³-hybridized carbons (Fsp3) is 0.692. The lowest BCUT2D eigenvalue weighted by Crippen LogP contribution is -2.50. The molecule has 1 N–H and O–H groups in total. The molecule has 108 valence electrons. The van der Waals surface area contributed by atoms with Crippen LogP contribution < -0.4 is 5.32 Å². The molecule has 0 amide bonds. The molecule has 0 aliphatic heterocycles. The summed E-state index contributed by atoms with van der Waals surface area (Å²) in [4.78, 5) is 15.9. The molecule has 0 bridgehead atoms. The molecule has 1 aromatic heterocycles. The molecule has 19 heavy (non-hydrogen) atoms. The number of rotatable bonds is 9. The third-order valence-electron chi connectivity index (χ3n) is 2.86. The number of hydrogen-bond acceptors (Lipinski definition) is 6. The van der Waals surface area contributed by atoms with Gasteiger partial charge in [-0.2, -0.15) is 0 Å². The zero-order chi connectivity index (χ0) is 14.1. The second-order valence-electron chi connectivity index (χ2n) is 4.50. The van der Waals surface area contributed by atoms with Gasteiger partial charge in [0.1, 0.15) is 11.8 Å². The van der Waals surface area contributed by atoms with E-state index >= 15 is 0 Å². The molecule has 0 saturated heterocycles. The topological polar surface area (TPSA) is 64.4 Å². The molecule has 0 aromatic carbocycles. The number of esters is 1. The van der Waals surface area contributed by atoms with E-state index in [4.69, 9.17) is 9.15 Å². The molecule has 5 nitrogen and oxygen atoms in total. The third-order valence-corrected chi connectivity index (χ3v) is 3.80. The molecule has 1 heterocycles. The summed E-state index contributed by atoms with van der Waals surface area (Å²) < 4.78 is 10.0. The van der Waals surface area contributed by atoms with Crippen molar-refractivity contribution >= 4 is 17.7 Å². The predicted octanol–water partition coefficient (Wildman–Crippen LogP) is 2.48. The molecule has 0 spiro atoms. The van der Waals surface area contributed by atoms with E-state index in [0.717, 1.165) is 31.6 Å². The number of carbonyl (C=O) groups is 1. The van der Waals surface area contributed by atoms with Crippen LogP contribution in [0.4, 0.5) is 0 Å². The van der Waals surface area contributed by atoms with Crippen LogP contribution in [0.2, 0.25) is 0 Å². The van der Waals surface area contributed by atoms with E-state index in [2.05, 4.69) is 17.2 Å². The van der Waals surface area contributed by atoms with E-state index in [1.165, 1.54) is 7.11 Å². The summed E-state index contributed by atoms with van der Waals surface area (Å²) in [6.45, 7) is 4.77.